The third-order valence-corrected chi connectivity index (χ3v) is 7.34. The second-order valence-corrected chi connectivity index (χ2v) is 8.89. The first-order valence-corrected chi connectivity index (χ1v) is 10.3. The number of hydrogen-bond donors (Lipinski definition) is 1. The van der Waals surface area contributed by atoms with E-state index in [1.54, 1.807) is 17.5 Å². The summed E-state index contributed by atoms with van der Waals surface area (Å²) in [5.74, 6) is -0.968. The molecule has 3 rings (SSSR count). The Kier molecular flexibility index (Phi) is 5.68. The van der Waals surface area contributed by atoms with Crippen LogP contribution in [0.1, 0.15) is 18.6 Å². The molecule has 2 aromatic heterocycles. The van der Waals surface area contributed by atoms with Gasteiger partial charge in [-0.05, 0) is 30.4 Å². The molecular formula is C15H16N4O6S2. The smallest absolute Gasteiger partial charge is 0.400 e. The largest absolute Gasteiger partial charge is 0.433 e. The van der Waals surface area contributed by atoms with E-state index in [1.807, 2.05) is 0 Å². The molecule has 1 saturated heterocycles. The van der Waals surface area contributed by atoms with Gasteiger partial charge >= 0.3 is 5.88 Å². The maximum absolute atomic E-state index is 12.5. The van der Waals surface area contributed by atoms with Gasteiger partial charge in [-0.2, -0.15) is 9.41 Å². The molecule has 0 saturated carbocycles. The van der Waals surface area contributed by atoms with Crippen LogP contribution in [0.15, 0.2) is 43.4 Å². The lowest BCUT2D eigenvalue weighted by Gasteiger charge is -2.29. The number of hydrazone groups is 1. The summed E-state index contributed by atoms with van der Waals surface area (Å²) < 4.78 is 31.5. The lowest BCUT2D eigenvalue weighted by molar-refractivity contribution is -0.402. The fraction of sp³-hybridized carbons (Fsp3) is 0.333. The molecule has 1 N–H and O–H groups in total. The Labute approximate surface area is 158 Å². The number of carbonyl (C=O) groups is 1. The highest BCUT2D eigenvalue weighted by Gasteiger charge is 2.32. The molecular weight excluding hydrogens is 396 g/mol. The van der Waals surface area contributed by atoms with Gasteiger partial charge in [0, 0.05) is 19.0 Å². The van der Waals surface area contributed by atoms with Crippen molar-refractivity contribution in [2.75, 3.05) is 13.1 Å². The quantitative estimate of drug-likeness (QED) is 0.437. The molecule has 0 bridgehead atoms. The van der Waals surface area contributed by atoms with Crippen LogP contribution in [0, 0.1) is 16.0 Å². The van der Waals surface area contributed by atoms with E-state index in [-0.39, 0.29) is 30.7 Å². The Morgan fingerprint density at radius 3 is 2.70 bits per heavy atom. The Balaban J connectivity index is 1.51. The molecule has 2 aromatic rings. The Hall–Kier alpha value is -2.57. The first-order chi connectivity index (χ1) is 12.9. The van der Waals surface area contributed by atoms with Crippen molar-refractivity contribution >= 4 is 39.4 Å². The highest BCUT2D eigenvalue weighted by atomic mass is 32.2. The zero-order chi connectivity index (χ0) is 19.4. The zero-order valence-electron chi connectivity index (χ0n) is 14.0. The summed E-state index contributed by atoms with van der Waals surface area (Å²) in [7, 11) is -3.50. The van der Waals surface area contributed by atoms with Crippen LogP contribution in [-0.2, 0) is 14.8 Å². The maximum Gasteiger partial charge on any atom is 0.433 e. The predicted molar refractivity (Wildman–Crippen MR) is 96.9 cm³/mol. The van der Waals surface area contributed by atoms with Crippen molar-refractivity contribution in [3.63, 3.8) is 0 Å². The first kappa shape index (κ1) is 19.2. The highest BCUT2D eigenvalue weighted by Crippen LogP contribution is 2.26. The van der Waals surface area contributed by atoms with E-state index in [1.165, 1.54) is 22.7 Å². The van der Waals surface area contributed by atoms with Crippen LogP contribution in [0.2, 0.25) is 0 Å². The molecule has 0 radical (unpaired) electrons. The number of nitrogens with one attached hydrogen (secondary N) is 1. The number of nitrogens with zero attached hydrogens (tertiary/aromatic N) is 3. The van der Waals surface area contributed by atoms with Crippen LogP contribution in [0.3, 0.4) is 0 Å². The van der Waals surface area contributed by atoms with Crippen molar-refractivity contribution in [3.05, 3.63) is 45.5 Å². The fourth-order valence-corrected chi connectivity index (χ4v) is 5.27. The molecule has 12 heteroatoms. The number of furan rings is 1. The van der Waals surface area contributed by atoms with Crippen LogP contribution in [0.4, 0.5) is 5.88 Å². The third-order valence-electron chi connectivity index (χ3n) is 4.07. The van der Waals surface area contributed by atoms with Crippen LogP contribution in [0.5, 0.6) is 0 Å². The number of sulfonamides is 1. The second kappa shape index (κ2) is 7.98. The topological polar surface area (TPSA) is 135 Å². The van der Waals surface area contributed by atoms with Gasteiger partial charge in [-0.3, -0.25) is 14.9 Å². The Morgan fingerprint density at radius 2 is 2.11 bits per heavy atom. The molecule has 0 atom stereocenters. The normalized spacial score (nSPS) is 16.6. The summed E-state index contributed by atoms with van der Waals surface area (Å²) in [6.07, 6.45) is 1.94. The average Bonchev–Trinajstić information content (AvgIpc) is 3.34. The molecule has 1 aliphatic rings. The highest BCUT2D eigenvalue weighted by molar-refractivity contribution is 7.91. The van der Waals surface area contributed by atoms with Gasteiger partial charge in [0.15, 0.2) is 5.76 Å². The monoisotopic (exact) mass is 412 g/mol. The van der Waals surface area contributed by atoms with Crippen molar-refractivity contribution in [1.82, 2.24) is 9.73 Å². The Morgan fingerprint density at radius 1 is 1.37 bits per heavy atom. The number of rotatable bonds is 6. The lowest BCUT2D eigenvalue weighted by atomic mass is 9.98. The summed E-state index contributed by atoms with van der Waals surface area (Å²) in [4.78, 5) is 22.0. The first-order valence-electron chi connectivity index (χ1n) is 7.99. The summed E-state index contributed by atoms with van der Waals surface area (Å²) in [5.41, 5.74) is 2.36. The molecule has 0 unspecified atom stereocenters. The molecule has 10 nitrogen and oxygen atoms in total. The minimum absolute atomic E-state index is 0.138. The third kappa shape index (κ3) is 4.40. The molecule has 0 aromatic carbocycles. The number of amides is 1. The van der Waals surface area contributed by atoms with Crippen molar-refractivity contribution in [3.8, 4) is 0 Å². The van der Waals surface area contributed by atoms with Crippen molar-refractivity contribution in [2.45, 2.75) is 17.1 Å². The molecule has 1 amide bonds. The molecule has 1 aliphatic heterocycles. The van der Waals surface area contributed by atoms with Crippen molar-refractivity contribution < 1.29 is 22.6 Å². The second-order valence-electron chi connectivity index (χ2n) is 5.78. The van der Waals surface area contributed by atoms with Gasteiger partial charge in [0.05, 0.1) is 12.3 Å². The zero-order valence-corrected chi connectivity index (χ0v) is 15.6. The number of thiophene rings is 1. The van der Waals surface area contributed by atoms with Gasteiger partial charge in [0.1, 0.15) is 9.13 Å². The van der Waals surface area contributed by atoms with Gasteiger partial charge in [0.25, 0.3) is 10.0 Å². The van der Waals surface area contributed by atoms with Crippen LogP contribution >= 0.6 is 11.3 Å². The van der Waals surface area contributed by atoms with Gasteiger partial charge in [-0.15, -0.1) is 11.3 Å². The average molecular weight is 412 g/mol. The van der Waals surface area contributed by atoms with Crippen LogP contribution < -0.4 is 5.43 Å². The molecule has 27 heavy (non-hydrogen) atoms. The summed E-state index contributed by atoms with van der Waals surface area (Å²) in [6.45, 7) is 0.513. The molecule has 1 fully saturated rings. The molecule has 3 heterocycles. The minimum atomic E-state index is -3.50. The summed E-state index contributed by atoms with van der Waals surface area (Å²) in [5, 5.41) is 16.0. The van der Waals surface area contributed by atoms with Crippen molar-refractivity contribution in [2.24, 2.45) is 11.0 Å². The molecule has 0 spiro atoms. The van der Waals surface area contributed by atoms with Gasteiger partial charge in [-0.25, -0.2) is 13.8 Å². The SMILES string of the molecule is O=C(N/N=C/c1ccc([N+](=O)[O-])o1)C1CCN(S(=O)(=O)c2cccs2)CC1. The van der Waals surface area contributed by atoms with E-state index in [0.29, 0.717) is 17.1 Å². The van der Waals surface area contributed by atoms with Gasteiger partial charge < -0.3 is 4.42 Å². The number of hydrogen-bond acceptors (Lipinski definition) is 8. The minimum Gasteiger partial charge on any atom is -0.400 e. The standard InChI is InChI=1S/C15H16N4O6S2/c20-15(17-16-10-12-3-4-13(25-12)19(21)22)11-5-7-18(8-6-11)27(23,24)14-2-1-9-26-14/h1-4,9-11H,5-8H2,(H,17,20)/b16-10+. The number of nitro groups is 1. The predicted octanol–water partition coefficient (Wildman–Crippen LogP) is 1.80. The Bertz CT molecular complexity index is 943. The molecule has 144 valence electrons. The number of piperidine rings is 1. The fourth-order valence-electron chi connectivity index (χ4n) is 2.66. The van der Waals surface area contributed by atoms with E-state index in [9.17, 15) is 23.3 Å². The van der Waals surface area contributed by atoms with E-state index >= 15 is 0 Å². The summed E-state index contributed by atoms with van der Waals surface area (Å²) in [6, 6.07) is 5.80. The van der Waals surface area contributed by atoms with E-state index in [4.69, 9.17) is 4.42 Å². The number of carbonyl (C=O) groups excluding carboxylic acids is 1. The maximum atomic E-state index is 12.5. The van der Waals surface area contributed by atoms with Gasteiger partial charge in [-0.1, -0.05) is 6.07 Å². The summed E-state index contributed by atoms with van der Waals surface area (Å²) >= 11 is 1.16. The van der Waals surface area contributed by atoms with Crippen LogP contribution in [-0.4, -0.2) is 42.9 Å². The van der Waals surface area contributed by atoms with Crippen LogP contribution in [0.25, 0.3) is 0 Å². The van der Waals surface area contributed by atoms with Crippen molar-refractivity contribution in [1.29, 1.82) is 0 Å². The lowest BCUT2D eigenvalue weighted by Crippen LogP contribution is -2.42. The van der Waals surface area contributed by atoms with E-state index in [0.717, 1.165) is 11.3 Å². The van der Waals surface area contributed by atoms with Gasteiger partial charge in [0.2, 0.25) is 5.91 Å². The van der Waals surface area contributed by atoms with E-state index in [2.05, 4.69) is 10.5 Å². The van der Waals surface area contributed by atoms with E-state index < -0.39 is 20.8 Å². The molecule has 0 aliphatic carbocycles.